The van der Waals surface area contributed by atoms with Gasteiger partial charge in [0.2, 0.25) is 0 Å². The quantitative estimate of drug-likeness (QED) is 0.420. The van der Waals surface area contributed by atoms with Gasteiger partial charge in [-0.2, -0.15) is 5.26 Å². The van der Waals surface area contributed by atoms with Crippen LogP contribution in [0.3, 0.4) is 0 Å². The van der Waals surface area contributed by atoms with E-state index in [1.807, 2.05) is 30.3 Å². The minimum atomic E-state index is -0.776. The number of carbonyl (C=O) groups excluding carboxylic acids is 1. The van der Waals surface area contributed by atoms with Crippen LogP contribution < -0.4 is 15.5 Å². The fourth-order valence-corrected chi connectivity index (χ4v) is 4.23. The number of nitrogens with one attached hydrogen (secondary N) is 2. The summed E-state index contributed by atoms with van der Waals surface area (Å²) in [5.41, 5.74) is 4.05. The molecule has 2 aromatic rings. The van der Waals surface area contributed by atoms with Crippen LogP contribution >= 0.6 is 0 Å². The van der Waals surface area contributed by atoms with Crippen LogP contribution in [0.5, 0.6) is 0 Å². The number of carboxylic acid groups (broad SMARTS) is 1. The van der Waals surface area contributed by atoms with Gasteiger partial charge in [-0.1, -0.05) is 45.9 Å². The molecule has 2 aromatic carbocycles. The summed E-state index contributed by atoms with van der Waals surface area (Å²) in [5, 5.41) is 24.0. The Morgan fingerprint density at radius 3 is 2.24 bits per heavy atom. The lowest BCUT2D eigenvalue weighted by atomic mass is 10.0. The molecule has 0 saturated heterocycles. The number of anilines is 3. The number of hydrogen-bond acceptors (Lipinski definition) is 4. The number of carboxylic acids is 1. The highest BCUT2D eigenvalue weighted by Crippen LogP contribution is 2.49. The summed E-state index contributed by atoms with van der Waals surface area (Å²) in [5.74, 6) is -0.283. The monoisotopic (exact) mass is 462 g/mol. The summed E-state index contributed by atoms with van der Waals surface area (Å²) in [7, 11) is 0. The molecule has 3 N–H and O–H groups in total. The Kier molecular flexibility index (Phi) is 8.17. The number of aliphatic carboxylic acids is 1. The van der Waals surface area contributed by atoms with E-state index in [1.54, 1.807) is 12.1 Å². The zero-order chi connectivity index (χ0) is 24.8. The molecule has 180 valence electrons. The fraction of sp³-hybridized carbons (Fsp3) is 0.444. The Morgan fingerprint density at radius 2 is 1.71 bits per heavy atom. The average molecular weight is 463 g/mol. The highest BCUT2D eigenvalue weighted by atomic mass is 16.4. The van der Waals surface area contributed by atoms with Crippen LogP contribution in [0.2, 0.25) is 0 Å². The molecule has 1 aliphatic rings. The molecule has 1 aliphatic carbocycles. The van der Waals surface area contributed by atoms with Crippen LogP contribution in [-0.2, 0) is 11.2 Å². The van der Waals surface area contributed by atoms with Gasteiger partial charge in [0.1, 0.15) is 0 Å². The highest BCUT2D eigenvalue weighted by molar-refractivity contribution is 6.02. The molecule has 0 aliphatic heterocycles. The highest BCUT2D eigenvalue weighted by Gasteiger charge is 2.44. The Morgan fingerprint density at radius 1 is 1.06 bits per heavy atom. The van der Waals surface area contributed by atoms with Crippen LogP contribution in [0.15, 0.2) is 42.5 Å². The van der Waals surface area contributed by atoms with Crippen molar-refractivity contribution in [3.63, 3.8) is 0 Å². The third-order valence-electron chi connectivity index (χ3n) is 5.81. The lowest BCUT2D eigenvalue weighted by molar-refractivity contribution is -0.138. The van der Waals surface area contributed by atoms with Crippen molar-refractivity contribution >= 4 is 29.1 Å². The zero-order valence-electron chi connectivity index (χ0n) is 20.3. The van der Waals surface area contributed by atoms with Gasteiger partial charge in [0, 0.05) is 18.8 Å². The number of rotatable bonds is 10. The number of hydrogen-bond donors (Lipinski definition) is 3. The number of nitrogens with zero attached hydrogens (tertiary/aromatic N) is 2. The second-order valence-electron chi connectivity index (χ2n) is 9.87. The van der Waals surface area contributed by atoms with Crippen molar-refractivity contribution < 1.29 is 14.7 Å². The van der Waals surface area contributed by atoms with Gasteiger partial charge in [0.15, 0.2) is 0 Å². The first kappa shape index (κ1) is 25.1. The normalized spacial score (nSPS) is 16.7. The largest absolute Gasteiger partial charge is 0.481 e. The van der Waals surface area contributed by atoms with Crippen LogP contribution in [0.25, 0.3) is 0 Å². The number of benzene rings is 2. The van der Waals surface area contributed by atoms with E-state index >= 15 is 0 Å². The van der Waals surface area contributed by atoms with E-state index in [9.17, 15) is 14.7 Å². The van der Waals surface area contributed by atoms with E-state index in [-0.39, 0.29) is 17.9 Å². The molecule has 3 rings (SSSR count). The molecule has 34 heavy (non-hydrogen) atoms. The van der Waals surface area contributed by atoms with Crippen molar-refractivity contribution in [2.75, 3.05) is 28.6 Å². The number of carbonyl (C=O) groups is 2. The maximum atomic E-state index is 12.9. The Bertz CT molecular complexity index is 1050. The van der Waals surface area contributed by atoms with Gasteiger partial charge in [-0.25, -0.2) is 4.79 Å². The topological polar surface area (TPSA) is 105 Å². The van der Waals surface area contributed by atoms with Crippen molar-refractivity contribution in [3.05, 3.63) is 53.6 Å². The van der Waals surface area contributed by atoms with Gasteiger partial charge in [-0.3, -0.25) is 4.79 Å². The maximum absolute atomic E-state index is 12.9. The molecule has 2 atom stereocenters. The van der Waals surface area contributed by atoms with Gasteiger partial charge >= 0.3 is 12.0 Å². The first-order chi connectivity index (χ1) is 16.2. The van der Waals surface area contributed by atoms with Crippen LogP contribution in [-0.4, -0.2) is 30.2 Å². The number of urea groups is 1. The van der Waals surface area contributed by atoms with Gasteiger partial charge in [0.25, 0.3) is 0 Å². The lowest BCUT2D eigenvalue weighted by Crippen LogP contribution is -2.32. The van der Waals surface area contributed by atoms with Crippen LogP contribution in [0, 0.1) is 29.1 Å². The van der Waals surface area contributed by atoms with Crippen LogP contribution in [0.1, 0.15) is 51.2 Å². The van der Waals surface area contributed by atoms with Crippen molar-refractivity contribution in [1.82, 2.24) is 0 Å². The molecular formula is C27H34N4O3. The summed E-state index contributed by atoms with van der Waals surface area (Å²) in [6.07, 6.45) is 0.944. The number of nitriles is 1. The Hall–Kier alpha value is -3.53. The van der Waals surface area contributed by atoms with Crippen molar-refractivity contribution in [1.29, 1.82) is 5.26 Å². The molecule has 7 heteroatoms. The molecular weight excluding hydrogens is 428 g/mol. The standard InChI is InChI=1S/C27H34N4O3/c1-17(2)15-31(16-18(3)4)25-10-7-20(22-14-23(22)26(32)33)13-24(25)30-27(34)29-21-8-5-19(6-9-21)11-12-28/h5-10,13,17-18,22-23H,11,14-16H2,1-4H3,(H,32,33)(H2,29,30,34)/t22-,23-/m1/s1. The maximum Gasteiger partial charge on any atom is 0.323 e. The summed E-state index contributed by atoms with van der Waals surface area (Å²) in [6, 6.07) is 14.8. The third-order valence-corrected chi connectivity index (χ3v) is 5.81. The van der Waals surface area contributed by atoms with E-state index < -0.39 is 5.97 Å². The molecule has 2 amide bonds. The molecule has 7 nitrogen and oxygen atoms in total. The molecule has 1 fully saturated rings. The summed E-state index contributed by atoms with van der Waals surface area (Å²) < 4.78 is 0. The molecule has 0 bridgehead atoms. The first-order valence-corrected chi connectivity index (χ1v) is 11.8. The van der Waals surface area contributed by atoms with E-state index in [1.165, 1.54) is 0 Å². The first-order valence-electron chi connectivity index (χ1n) is 11.8. The van der Waals surface area contributed by atoms with E-state index in [0.29, 0.717) is 36.1 Å². The lowest BCUT2D eigenvalue weighted by Gasteiger charge is -2.30. The Labute approximate surface area is 201 Å². The fourth-order valence-electron chi connectivity index (χ4n) is 4.23. The van der Waals surface area contributed by atoms with Crippen molar-refractivity contribution in [2.24, 2.45) is 17.8 Å². The van der Waals surface area contributed by atoms with E-state index in [2.05, 4.69) is 49.3 Å². The minimum Gasteiger partial charge on any atom is -0.481 e. The van der Waals surface area contributed by atoms with Gasteiger partial charge in [0.05, 0.1) is 29.8 Å². The zero-order valence-corrected chi connectivity index (χ0v) is 20.3. The molecule has 0 heterocycles. The molecule has 0 radical (unpaired) electrons. The Balaban J connectivity index is 1.85. The SMILES string of the molecule is CC(C)CN(CC(C)C)c1ccc([C@H]2C[C@H]2C(=O)O)cc1NC(=O)Nc1ccc(CC#N)cc1. The summed E-state index contributed by atoms with van der Waals surface area (Å²) in [4.78, 5) is 26.6. The van der Waals surface area contributed by atoms with Crippen molar-refractivity contribution in [2.45, 2.75) is 46.5 Å². The van der Waals surface area contributed by atoms with E-state index in [0.717, 1.165) is 29.9 Å². The third kappa shape index (κ3) is 6.74. The van der Waals surface area contributed by atoms with Crippen LogP contribution in [0.4, 0.5) is 21.9 Å². The van der Waals surface area contributed by atoms with Gasteiger partial charge in [-0.15, -0.1) is 0 Å². The molecule has 0 spiro atoms. The smallest absolute Gasteiger partial charge is 0.323 e. The average Bonchev–Trinajstić information content (AvgIpc) is 3.55. The van der Waals surface area contributed by atoms with Gasteiger partial charge < -0.3 is 20.6 Å². The predicted octanol–water partition coefficient (Wildman–Crippen LogP) is 5.70. The summed E-state index contributed by atoms with van der Waals surface area (Å²) in [6.45, 7) is 10.3. The molecule has 1 saturated carbocycles. The molecule has 0 aromatic heterocycles. The summed E-state index contributed by atoms with van der Waals surface area (Å²) >= 11 is 0. The molecule has 0 unspecified atom stereocenters. The minimum absolute atomic E-state index is 0.0218. The van der Waals surface area contributed by atoms with Crippen molar-refractivity contribution in [3.8, 4) is 6.07 Å². The number of amides is 2. The predicted molar refractivity (Wildman–Crippen MR) is 135 cm³/mol. The second kappa shape index (κ2) is 11.1. The van der Waals surface area contributed by atoms with Gasteiger partial charge in [-0.05, 0) is 59.6 Å². The second-order valence-corrected chi connectivity index (χ2v) is 9.87. The van der Waals surface area contributed by atoms with E-state index in [4.69, 9.17) is 5.26 Å².